The summed E-state index contributed by atoms with van der Waals surface area (Å²) < 4.78 is 12.5. The third-order valence-electron chi connectivity index (χ3n) is 1.40. The van der Waals surface area contributed by atoms with Gasteiger partial charge in [-0.2, -0.15) is 0 Å². The first-order chi connectivity index (χ1) is 5.27. The molecule has 0 atom stereocenters. The average Bonchev–Trinajstić information content (AvgIpc) is 2.04. The zero-order valence-corrected chi connectivity index (χ0v) is 5.88. The van der Waals surface area contributed by atoms with Crippen LogP contribution in [0.25, 0.3) is 6.08 Å². The Bertz CT molecular complexity index is 292. The second-order valence-corrected chi connectivity index (χ2v) is 2.10. The van der Waals surface area contributed by atoms with Crippen LogP contribution >= 0.6 is 0 Å². The van der Waals surface area contributed by atoms with Gasteiger partial charge in [0.25, 0.3) is 0 Å². The van der Waals surface area contributed by atoms with Crippen LogP contribution in [0.5, 0.6) is 0 Å². The lowest BCUT2D eigenvalue weighted by atomic mass is 10.1. The van der Waals surface area contributed by atoms with Gasteiger partial charge in [0.1, 0.15) is 5.82 Å². The lowest BCUT2D eigenvalue weighted by Crippen LogP contribution is -1.86. The molecule has 1 aromatic carbocycles. The molecule has 0 saturated carbocycles. The predicted molar refractivity (Wildman–Crippen MR) is 41.9 cm³/mol. The molecular formula is C9H7FO. The predicted octanol–water partition coefficient (Wildman–Crippen LogP) is 2.28. The number of carbonyl (C=O) groups excluding carboxylic acids is 1. The van der Waals surface area contributed by atoms with Crippen molar-refractivity contribution in [3.63, 3.8) is 0 Å². The van der Waals surface area contributed by atoms with Gasteiger partial charge in [0.2, 0.25) is 0 Å². The van der Waals surface area contributed by atoms with E-state index in [9.17, 15) is 9.18 Å². The van der Waals surface area contributed by atoms with Gasteiger partial charge in [0.15, 0.2) is 6.29 Å². The van der Waals surface area contributed by atoms with Crippen molar-refractivity contribution in [3.8, 4) is 0 Å². The molecule has 0 aliphatic heterocycles. The Labute approximate surface area is 64.2 Å². The SMILES string of the molecule is C=Cc1cc(F)ccc1C=O. The minimum atomic E-state index is -0.356. The maximum atomic E-state index is 12.5. The maximum absolute atomic E-state index is 12.5. The van der Waals surface area contributed by atoms with E-state index < -0.39 is 0 Å². The molecule has 56 valence electrons. The van der Waals surface area contributed by atoms with E-state index in [1.54, 1.807) is 0 Å². The van der Waals surface area contributed by atoms with E-state index in [0.29, 0.717) is 17.4 Å². The first kappa shape index (κ1) is 7.66. The monoisotopic (exact) mass is 150 g/mol. The van der Waals surface area contributed by atoms with Gasteiger partial charge in [-0.1, -0.05) is 12.7 Å². The molecule has 1 rings (SSSR count). The molecule has 1 nitrogen and oxygen atoms in total. The number of hydrogen-bond acceptors (Lipinski definition) is 1. The summed E-state index contributed by atoms with van der Waals surface area (Å²) in [4.78, 5) is 10.3. The molecule has 1 aromatic rings. The quantitative estimate of drug-likeness (QED) is 0.591. The molecule has 0 aliphatic carbocycles. The summed E-state index contributed by atoms with van der Waals surface area (Å²) in [6.45, 7) is 3.46. The fourth-order valence-electron chi connectivity index (χ4n) is 0.830. The van der Waals surface area contributed by atoms with Gasteiger partial charge in [-0.05, 0) is 23.8 Å². The lowest BCUT2D eigenvalue weighted by molar-refractivity contribution is 0.112. The molecule has 0 aliphatic rings. The minimum absolute atomic E-state index is 0.356. The summed E-state index contributed by atoms with van der Waals surface area (Å²) in [7, 11) is 0. The summed E-state index contributed by atoms with van der Waals surface area (Å²) >= 11 is 0. The van der Waals surface area contributed by atoms with Crippen LogP contribution in [0.15, 0.2) is 24.8 Å². The van der Waals surface area contributed by atoms with Gasteiger partial charge in [-0.15, -0.1) is 0 Å². The summed E-state index contributed by atoms with van der Waals surface area (Å²) in [6.07, 6.45) is 2.13. The second kappa shape index (κ2) is 3.10. The first-order valence-electron chi connectivity index (χ1n) is 3.15. The molecule has 0 heterocycles. The van der Waals surface area contributed by atoms with Crippen LogP contribution in [0.2, 0.25) is 0 Å². The van der Waals surface area contributed by atoms with E-state index in [1.165, 1.54) is 24.3 Å². The van der Waals surface area contributed by atoms with E-state index in [0.717, 1.165) is 0 Å². The third kappa shape index (κ3) is 1.52. The fourth-order valence-corrected chi connectivity index (χ4v) is 0.830. The average molecular weight is 150 g/mol. The molecule has 0 fully saturated rings. The summed E-state index contributed by atoms with van der Waals surface area (Å²) in [5.41, 5.74) is 0.987. The van der Waals surface area contributed by atoms with Gasteiger partial charge >= 0.3 is 0 Å². The largest absolute Gasteiger partial charge is 0.298 e. The number of benzene rings is 1. The maximum Gasteiger partial charge on any atom is 0.150 e. The molecule has 0 bridgehead atoms. The molecule has 0 spiro atoms. The Morgan fingerprint density at radius 1 is 1.36 bits per heavy atom. The van der Waals surface area contributed by atoms with E-state index in [2.05, 4.69) is 6.58 Å². The highest BCUT2D eigenvalue weighted by Crippen LogP contribution is 2.09. The van der Waals surface area contributed by atoms with Crippen LogP contribution in [0.3, 0.4) is 0 Å². The highest BCUT2D eigenvalue weighted by atomic mass is 19.1. The van der Waals surface area contributed by atoms with Crippen molar-refractivity contribution in [2.24, 2.45) is 0 Å². The van der Waals surface area contributed by atoms with Gasteiger partial charge < -0.3 is 0 Å². The molecule has 0 aromatic heterocycles. The van der Waals surface area contributed by atoms with Crippen molar-refractivity contribution in [1.82, 2.24) is 0 Å². The Hall–Kier alpha value is -1.44. The van der Waals surface area contributed by atoms with Crippen molar-refractivity contribution in [2.75, 3.05) is 0 Å². The van der Waals surface area contributed by atoms with E-state index in [4.69, 9.17) is 0 Å². The molecule has 11 heavy (non-hydrogen) atoms. The molecule has 0 saturated heterocycles. The Morgan fingerprint density at radius 2 is 2.09 bits per heavy atom. The number of hydrogen-bond donors (Lipinski definition) is 0. The minimum Gasteiger partial charge on any atom is -0.298 e. The van der Waals surface area contributed by atoms with E-state index in [-0.39, 0.29) is 5.82 Å². The van der Waals surface area contributed by atoms with Crippen LogP contribution in [-0.4, -0.2) is 6.29 Å². The Kier molecular flexibility index (Phi) is 2.16. The second-order valence-electron chi connectivity index (χ2n) is 2.10. The fraction of sp³-hybridized carbons (Fsp3) is 0. The van der Waals surface area contributed by atoms with Crippen LogP contribution in [0.1, 0.15) is 15.9 Å². The topological polar surface area (TPSA) is 17.1 Å². The molecule has 0 unspecified atom stereocenters. The van der Waals surface area contributed by atoms with Crippen molar-refractivity contribution >= 4 is 12.4 Å². The first-order valence-corrected chi connectivity index (χ1v) is 3.15. The number of aldehydes is 1. The molecule has 0 radical (unpaired) electrons. The van der Waals surface area contributed by atoms with Gasteiger partial charge in [-0.25, -0.2) is 4.39 Å². The standard InChI is InChI=1S/C9H7FO/c1-2-7-5-9(10)4-3-8(7)6-11/h2-6H,1H2. The van der Waals surface area contributed by atoms with Gasteiger partial charge in [-0.3, -0.25) is 4.79 Å². The summed E-state index contributed by atoms with van der Waals surface area (Å²) in [5, 5.41) is 0. The highest BCUT2D eigenvalue weighted by Gasteiger charge is 1.98. The smallest absolute Gasteiger partial charge is 0.150 e. The van der Waals surface area contributed by atoms with Crippen molar-refractivity contribution in [2.45, 2.75) is 0 Å². The lowest BCUT2D eigenvalue weighted by Gasteiger charge is -1.96. The molecular weight excluding hydrogens is 143 g/mol. The van der Waals surface area contributed by atoms with E-state index >= 15 is 0 Å². The third-order valence-corrected chi connectivity index (χ3v) is 1.40. The van der Waals surface area contributed by atoms with Crippen molar-refractivity contribution < 1.29 is 9.18 Å². The Morgan fingerprint density at radius 3 is 2.64 bits per heavy atom. The van der Waals surface area contributed by atoms with Crippen LogP contribution in [0, 0.1) is 5.82 Å². The summed E-state index contributed by atoms with van der Waals surface area (Å²) in [6, 6.07) is 3.95. The van der Waals surface area contributed by atoms with Crippen molar-refractivity contribution in [1.29, 1.82) is 0 Å². The zero-order valence-electron chi connectivity index (χ0n) is 5.88. The molecule has 2 heteroatoms. The van der Waals surface area contributed by atoms with Crippen molar-refractivity contribution in [3.05, 3.63) is 41.7 Å². The number of halogens is 1. The van der Waals surface area contributed by atoms with Crippen LogP contribution in [0.4, 0.5) is 4.39 Å². The van der Waals surface area contributed by atoms with Crippen LogP contribution < -0.4 is 0 Å². The number of carbonyl (C=O) groups is 1. The molecule has 0 amide bonds. The van der Waals surface area contributed by atoms with E-state index in [1.807, 2.05) is 0 Å². The number of rotatable bonds is 2. The zero-order chi connectivity index (χ0) is 8.27. The highest BCUT2D eigenvalue weighted by molar-refractivity contribution is 5.81. The normalized spacial score (nSPS) is 9.18. The van der Waals surface area contributed by atoms with Gasteiger partial charge in [0, 0.05) is 5.56 Å². The van der Waals surface area contributed by atoms with Crippen LogP contribution in [-0.2, 0) is 0 Å². The summed E-state index contributed by atoms with van der Waals surface area (Å²) in [5.74, 6) is -0.356. The van der Waals surface area contributed by atoms with Gasteiger partial charge in [0.05, 0.1) is 0 Å². The Balaban J connectivity index is 3.26. The molecule has 0 N–H and O–H groups in total.